The molecule has 1 saturated heterocycles. The van der Waals surface area contributed by atoms with Gasteiger partial charge in [0.05, 0.1) is 25.4 Å². The van der Waals surface area contributed by atoms with E-state index < -0.39 is 11.7 Å². The summed E-state index contributed by atoms with van der Waals surface area (Å²) in [6.45, 7) is 1.15. The minimum Gasteiger partial charge on any atom is -0.394 e. The average Bonchev–Trinajstić information content (AvgIpc) is 2.66. The summed E-state index contributed by atoms with van der Waals surface area (Å²) in [6.07, 6.45) is -0.531. The van der Waals surface area contributed by atoms with Gasteiger partial charge in [-0.2, -0.15) is 0 Å². The zero-order chi connectivity index (χ0) is 13.0. The van der Waals surface area contributed by atoms with Gasteiger partial charge in [0, 0.05) is 13.0 Å². The number of benzene rings is 1. The highest BCUT2D eigenvalue weighted by atomic mass is 19.1. The molecule has 0 amide bonds. The summed E-state index contributed by atoms with van der Waals surface area (Å²) in [5.41, 5.74) is 0.525. The molecule has 1 fully saturated rings. The van der Waals surface area contributed by atoms with Crippen molar-refractivity contribution in [2.24, 2.45) is 0 Å². The van der Waals surface area contributed by atoms with Crippen LogP contribution in [-0.4, -0.2) is 48.5 Å². The molecule has 0 saturated carbocycles. The Morgan fingerprint density at radius 1 is 1.44 bits per heavy atom. The third-order valence-electron chi connectivity index (χ3n) is 3.66. The van der Waals surface area contributed by atoms with Crippen molar-refractivity contribution in [2.75, 3.05) is 26.8 Å². The lowest BCUT2D eigenvalue weighted by Crippen LogP contribution is -2.48. The van der Waals surface area contributed by atoms with Gasteiger partial charge >= 0.3 is 0 Å². The average molecular weight is 253 g/mol. The molecular weight excluding hydrogens is 233 g/mol. The molecule has 100 valence electrons. The van der Waals surface area contributed by atoms with E-state index in [-0.39, 0.29) is 6.61 Å². The number of ether oxygens (including phenoxy) is 1. The van der Waals surface area contributed by atoms with Crippen molar-refractivity contribution in [3.8, 4) is 0 Å². The third kappa shape index (κ3) is 2.88. The Kier molecular flexibility index (Phi) is 4.32. The zero-order valence-electron chi connectivity index (χ0n) is 10.7. The van der Waals surface area contributed by atoms with Gasteiger partial charge in [0.2, 0.25) is 0 Å². The predicted octanol–water partition coefficient (Wildman–Crippen LogP) is 1.61. The van der Waals surface area contributed by atoms with E-state index in [1.807, 2.05) is 42.3 Å². The van der Waals surface area contributed by atoms with Crippen LogP contribution in [0.4, 0.5) is 4.39 Å². The number of alkyl halides is 1. The van der Waals surface area contributed by atoms with Crippen molar-refractivity contribution < 1.29 is 14.2 Å². The smallest absolute Gasteiger partial charge is 0.115 e. The Hall–Kier alpha value is -0.970. The zero-order valence-corrected chi connectivity index (χ0v) is 10.7. The van der Waals surface area contributed by atoms with Crippen molar-refractivity contribution in [1.82, 2.24) is 4.90 Å². The number of aliphatic hydroxyl groups excluding tert-OH is 1. The second kappa shape index (κ2) is 5.78. The van der Waals surface area contributed by atoms with Crippen LogP contribution in [0.3, 0.4) is 0 Å². The summed E-state index contributed by atoms with van der Waals surface area (Å²) in [5.74, 6) is 0. The third-order valence-corrected chi connectivity index (χ3v) is 3.66. The number of nitrogens with zero attached hydrogens (tertiary/aromatic N) is 1. The van der Waals surface area contributed by atoms with E-state index in [9.17, 15) is 9.50 Å². The van der Waals surface area contributed by atoms with Crippen LogP contribution in [0.2, 0.25) is 0 Å². The summed E-state index contributed by atoms with van der Waals surface area (Å²) in [5, 5.41) is 9.51. The molecule has 1 N–H and O–H groups in total. The summed E-state index contributed by atoms with van der Waals surface area (Å²) < 4.78 is 19.0. The molecule has 1 heterocycles. The van der Waals surface area contributed by atoms with Gasteiger partial charge in [-0.25, -0.2) is 4.39 Å². The van der Waals surface area contributed by atoms with E-state index in [0.29, 0.717) is 26.2 Å². The monoisotopic (exact) mass is 253 g/mol. The van der Waals surface area contributed by atoms with Crippen LogP contribution in [0, 0.1) is 0 Å². The lowest BCUT2D eigenvalue weighted by Gasteiger charge is -2.33. The number of aliphatic hydroxyl groups is 1. The Bertz CT molecular complexity index is 373. The van der Waals surface area contributed by atoms with Gasteiger partial charge in [-0.05, 0) is 12.6 Å². The van der Waals surface area contributed by atoms with Gasteiger partial charge in [0.1, 0.15) is 6.17 Å². The van der Waals surface area contributed by atoms with Crippen LogP contribution in [0.25, 0.3) is 0 Å². The topological polar surface area (TPSA) is 32.7 Å². The minimum absolute atomic E-state index is 0.0707. The molecule has 4 heteroatoms. The van der Waals surface area contributed by atoms with Crippen molar-refractivity contribution in [3.05, 3.63) is 35.9 Å². The first-order valence-corrected chi connectivity index (χ1v) is 6.24. The van der Waals surface area contributed by atoms with E-state index in [0.717, 1.165) is 5.56 Å². The summed E-state index contributed by atoms with van der Waals surface area (Å²) in [4.78, 5) is 1.86. The number of likely N-dealkylation sites (N-methyl/N-ethyl adjacent to an activating group) is 1. The van der Waals surface area contributed by atoms with E-state index in [2.05, 4.69) is 0 Å². The highest BCUT2D eigenvalue weighted by Gasteiger charge is 2.43. The Morgan fingerprint density at radius 3 is 2.72 bits per heavy atom. The Labute approximate surface area is 107 Å². The van der Waals surface area contributed by atoms with Gasteiger partial charge in [0.15, 0.2) is 0 Å². The van der Waals surface area contributed by atoms with E-state index in [1.54, 1.807) is 0 Å². The molecule has 0 spiro atoms. The van der Waals surface area contributed by atoms with Crippen LogP contribution in [0.1, 0.15) is 12.0 Å². The van der Waals surface area contributed by atoms with E-state index in [4.69, 9.17) is 4.74 Å². The summed E-state index contributed by atoms with van der Waals surface area (Å²) in [7, 11) is 1.83. The number of rotatable bonds is 5. The molecule has 2 rings (SSSR count). The second-order valence-corrected chi connectivity index (χ2v) is 5.04. The fraction of sp³-hybridized carbons (Fsp3) is 0.571. The second-order valence-electron chi connectivity index (χ2n) is 5.04. The predicted molar refractivity (Wildman–Crippen MR) is 68.1 cm³/mol. The molecule has 18 heavy (non-hydrogen) atoms. The molecule has 0 aliphatic carbocycles. The molecule has 1 aromatic rings. The lowest BCUT2D eigenvalue weighted by atomic mass is 9.98. The molecule has 0 aromatic heterocycles. The summed E-state index contributed by atoms with van der Waals surface area (Å²) >= 11 is 0. The molecule has 0 radical (unpaired) electrons. The molecule has 1 aliphatic rings. The van der Waals surface area contributed by atoms with Crippen LogP contribution in [0.15, 0.2) is 30.3 Å². The van der Waals surface area contributed by atoms with Crippen LogP contribution in [-0.2, 0) is 11.3 Å². The largest absolute Gasteiger partial charge is 0.394 e. The Balaban J connectivity index is 1.88. The minimum atomic E-state index is -0.873. The van der Waals surface area contributed by atoms with Gasteiger partial charge in [0.25, 0.3) is 0 Å². The SMILES string of the molecule is CN1C[C@H](F)CC1(CO)COCc1ccccc1. The number of hydrogen-bond donors (Lipinski definition) is 1. The molecular formula is C14H20FNO2. The number of halogens is 1. The van der Waals surface area contributed by atoms with Crippen LogP contribution >= 0.6 is 0 Å². The highest BCUT2D eigenvalue weighted by molar-refractivity contribution is 5.13. The normalized spacial score (nSPS) is 28.7. The molecule has 1 aliphatic heterocycles. The lowest BCUT2D eigenvalue weighted by molar-refractivity contribution is -0.0145. The first kappa shape index (κ1) is 13.5. The van der Waals surface area contributed by atoms with Gasteiger partial charge < -0.3 is 9.84 Å². The number of hydrogen-bond acceptors (Lipinski definition) is 3. The van der Waals surface area contributed by atoms with Crippen LogP contribution in [0.5, 0.6) is 0 Å². The number of likely N-dealkylation sites (tertiary alicyclic amines) is 1. The first-order valence-electron chi connectivity index (χ1n) is 6.24. The van der Waals surface area contributed by atoms with E-state index in [1.165, 1.54) is 0 Å². The van der Waals surface area contributed by atoms with Crippen molar-refractivity contribution >= 4 is 0 Å². The maximum Gasteiger partial charge on any atom is 0.115 e. The van der Waals surface area contributed by atoms with Gasteiger partial charge in [-0.15, -0.1) is 0 Å². The maximum absolute atomic E-state index is 13.4. The van der Waals surface area contributed by atoms with Crippen LogP contribution < -0.4 is 0 Å². The fourth-order valence-corrected chi connectivity index (χ4v) is 2.46. The molecule has 0 bridgehead atoms. The van der Waals surface area contributed by atoms with E-state index >= 15 is 0 Å². The van der Waals surface area contributed by atoms with Gasteiger partial charge in [-0.3, -0.25) is 4.90 Å². The standard InChI is InChI=1S/C14H20FNO2/c1-16-8-13(15)7-14(16,10-17)11-18-9-12-5-3-2-4-6-12/h2-6,13,17H,7-11H2,1H3/t13-,14?/m1/s1. The quantitative estimate of drug-likeness (QED) is 0.865. The first-order chi connectivity index (χ1) is 8.66. The summed E-state index contributed by atoms with van der Waals surface area (Å²) in [6, 6.07) is 9.85. The maximum atomic E-state index is 13.4. The van der Waals surface area contributed by atoms with Crippen molar-refractivity contribution in [3.63, 3.8) is 0 Å². The molecule has 1 aromatic carbocycles. The Morgan fingerprint density at radius 2 is 2.17 bits per heavy atom. The molecule has 3 nitrogen and oxygen atoms in total. The molecule has 1 unspecified atom stereocenters. The molecule has 2 atom stereocenters. The van der Waals surface area contributed by atoms with Gasteiger partial charge in [-0.1, -0.05) is 30.3 Å². The highest BCUT2D eigenvalue weighted by Crippen LogP contribution is 2.30. The van der Waals surface area contributed by atoms with Crippen molar-refractivity contribution in [1.29, 1.82) is 0 Å². The fourth-order valence-electron chi connectivity index (χ4n) is 2.46. The van der Waals surface area contributed by atoms with Crippen molar-refractivity contribution in [2.45, 2.75) is 24.7 Å².